The van der Waals surface area contributed by atoms with E-state index in [1.54, 1.807) is 17.0 Å². The van der Waals surface area contributed by atoms with Gasteiger partial charge in [-0.15, -0.1) is 0 Å². The van der Waals surface area contributed by atoms with Crippen LogP contribution in [0.5, 0.6) is 0 Å². The summed E-state index contributed by atoms with van der Waals surface area (Å²) < 4.78 is 0. The Hall–Kier alpha value is -3.15. The maximum Gasteiger partial charge on any atom is 0.254 e. The molecule has 1 fully saturated rings. The molecule has 1 saturated heterocycles. The SMILES string of the molecule is Cc1ccc(CCCC(=O)NCc2ccc(C(=O)N3CCNC(=O)C3)cc2)cc1. The second-order valence-electron chi connectivity index (χ2n) is 7.39. The molecule has 0 unspecified atom stereocenters. The summed E-state index contributed by atoms with van der Waals surface area (Å²) >= 11 is 0. The van der Waals surface area contributed by atoms with E-state index in [0.717, 1.165) is 18.4 Å². The van der Waals surface area contributed by atoms with Gasteiger partial charge in [0.05, 0.1) is 6.54 Å². The molecule has 0 aliphatic carbocycles. The van der Waals surface area contributed by atoms with Crippen LogP contribution in [0.3, 0.4) is 0 Å². The molecule has 0 bridgehead atoms. The number of rotatable bonds is 7. The molecule has 1 aliphatic heterocycles. The number of hydrogen-bond donors (Lipinski definition) is 2. The van der Waals surface area contributed by atoms with E-state index in [-0.39, 0.29) is 24.3 Å². The highest BCUT2D eigenvalue weighted by molar-refractivity contribution is 5.97. The van der Waals surface area contributed by atoms with E-state index >= 15 is 0 Å². The molecule has 0 saturated carbocycles. The lowest BCUT2D eigenvalue weighted by Gasteiger charge is -2.26. The maximum atomic E-state index is 12.5. The Morgan fingerprint density at radius 1 is 1.03 bits per heavy atom. The number of carbonyl (C=O) groups is 3. The van der Waals surface area contributed by atoms with E-state index in [4.69, 9.17) is 0 Å². The van der Waals surface area contributed by atoms with E-state index in [1.807, 2.05) is 12.1 Å². The van der Waals surface area contributed by atoms with E-state index in [0.29, 0.717) is 31.6 Å². The fourth-order valence-corrected chi connectivity index (χ4v) is 3.26. The fraction of sp³-hybridized carbons (Fsp3) is 0.348. The van der Waals surface area contributed by atoms with E-state index in [1.165, 1.54) is 11.1 Å². The van der Waals surface area contributed by atoms with Crippen LogP contribution in [-0.4, -0.2) is 42.3 Å². The van der Waals surface area contributed by atoms with Gasteiger partial charge in [0.2, 0.25) is 11.8 Å². The summed E-state index contributed by atoms with van der Waals surface area (Å²) in [5.74, 6) is -0.255. The first-order valence-corrected chi connectivity index (χ1v) is 9.98. The van der Waals surface area contributed by atoms with Crippen LogP contribution in [0.4, 0.5) is 0 Å². The highest BCUT2D eigenvalue weighted by Gasteiger charge is 2.22. The molecule has 2 N–H and O–H groups in total. The predicted molar refractivity (Wildman–Crippen MR) is 111 cm³/mol. The van der Waals surface area contributed by atoms with Crippen LogP contribution in [0.15, 0.2) is 48.5 Å². The molecule has 152 valence electrons. The molecule has 29 heavy (non-hydrogen) atoms. The Bertz CT molecular complexity index is 860. The number of hydrogen-bond acceptors (Lipinski definition) is 3. The first kappa shape index (κ1) is 20.6. The molecule has 6 nitrogen and oxygen atoms in total. The zero-order chi connectivity index (χ0) is 20.6. The van der Waals surface area contributed by atoms with Gasteiger partial charge in [-0.2, -0.15) is 0 Å². The van der Waals surface area contributed by atoms with Crippen LogP contribution >= 0.6 is 0 Å². The molecule has 6 heteroatoms. The molecule has 2 aromatic carbocycles. The quantitative estimate of drug-likeness (QED) is 0.757. The Labute approximate surface area is 171 Å². The van der Waals surface area contributed by atoms with Gasteiger partial charge in [0.1, 0.15) is 0 Å². The van der Waals surface area contributed by atoms with Crippen molar-refractivity contribution < 1.29 is 14.4 Å². The molecule has 0 radical (unpaired) electrons. The number of aryl methyl sites for hydroxylation is 2. The van der Waals surface area contributed by atoms with E-state index < -0.39 is 0 Å². The van der Waals surface area contributed by atoms with Gasteiger partial charge in [0, 0.05) is 31.6 Å². The third-order valence-electron chi connectivity index (χ3n) is 5.01. The molecular weight excluding hydrogens is 366 g/mol. The Morgan fingerprint density at radius 2 is 1.72 bits per heavy atom. The summed E-state index contributed by atoms with van der Waals surface area (Å²) in [6, 6.07) is 15.5. The van der Waals surface area contributed by atoms with Gasteiger partial charge < -0.3 is 15.5 Å². The highest BCUT2D eigenvalue weighted by atomic mass is 16.2. The van der Waals surface area contributed by atoms with Gasteiger partial charge in [-0.1, -0.05) is 42.0 Å². The summed E-state index contributed by atoms with van der Waals surface area (Å²) in [6.45, 7) is 3.60. The van der Waals surface area contributed by atoms with Crippen LogP contribution in [0.2, 0.25) is 0 Å². The maximum absolute atomic E-state index is 12.5. The van der Waals surface area contributed by atoms with Gasteiger partial charge in [-0.3, -0.25) is 14.4 Å². The number of nitrogens with one attached hydrogen (secondary N) is 2. The summed E-state index contributed by atoms with van der Waals surface area (Å²) in [4.78, 5) is 37.5. The molecule has 2 aromatic rings. The molecular formula is C23H27N3O3. The van der Waals surface area contributed by atoms with Crippen LogP contribution in [0, 0.1) is 6.92 Å². The molecule has 0 aromatic heterocycles. The normalized spacial score (nSPS) is 13.7. The second-order valence-corrected chi connectivity index (χ2v) is 7.39. The van der Waals surface area contributed by atoms with Crippen molar-refractivity contribution in [3.8, 4) is 0 Å². The Balaban J connectivity index is 1.41. The minimum absolute atomic E-state index is 0.0246. The van der Waals surface area contributed by atoms with E-state index in [9.17, 15) is 14.4 Å². The third-order valence-corrected chi connectivity index (χ3v) is 5.01. The number of piperazine rings is 1. The number of amides is 3. The van der Waals surface area contributed by atoms with Gasteiger partial charge >= 0.3 is 0 Å². The molecule has 0 atom stereocenters. The smallest absolute Gasteiger partial charge is 0.254 e. The molecule has 3 amide bonds. The summed E-state index contributed by atoms with van der Waals surface area (Å²) in [5.41, 5.74) is 3.97. The lowest BCUT2D eigenvalue weighted by atomic mass is 10.1. The zero-order valence-electron chi connectivity index (χ0n) is 16.7. The number of carbonyl (C=O) groups excluding carboxylic acids is 3. The topological polar surface area (TPSA) is 78.5 Å². The molecule has 1 heterocycles. The first-order valence-electron chi connectivity index (χ1n) is 9.98. The average molecular weight is 393 g/mol. The Kier molecular flexibility index (Phi) is 7.00. The van der Waals surface area contributed by atoms with Crippen molar-refractivity contribution in [1.82, 2.24) is 15.5 Å². The summed E-state index contributed by atoms with van der Waals surface area (Å²) in [7, 11) is 0. The number of benzene rings is 2. The molecule has 0 spiro atoms. The zero-order valence-corrected chi connectivity index (χ0v) is 16.7. The highest BCUT2D eigenvalue weighted by Crippen LogP contribution is 2.10. The van der Waals surface area contributed by atoms with Crippen LogP contribution < -0.4 is 10.6 Å². The molecule has 3 rings (SSSR count). The van der Waals surface area contributed by atoms with Crippen LogP contribution in [0.1, 0.15) is 39.9 Å². The van der Waals surface area contributed by atoms with Crippen molar-refractivity contribution >= 4 is 17.7 Å². The molecule has 1 aliphatic rings. The number of nitrogens with zero attached hydrogens (tertiary/aromatic N) is 1. The minimum atomic E-state index is -0.147. The van der Waals surface area contributed by atoms with E-state index in [2.05, 4.69) is 41.8 Å². The predicted octanol–water partition coefficient (Wildman–Crippen LogP) is 2.21. The van der Waals surface area contributed by atoms with Crippen molar-refractivity contribution in [3.05, 3.63) is 70.8 Å². The van der Waals surface area contributed by atoms with Crippen molar-refractivity contribution in [2.75, 3.05) is 19.6 Å². The summed E-state index contributed by atoms with van der Waals surface area (Å²) in [5, 5.41) is 5.63. The van der Waals surface area contributed by atoms with Crippen molar-refractivity contribution in [2.24, 2.45) is 0 Å². The average Bonchev–Trinajstić information content (AvgIpc) is 2.73. The van der Waals surface area contributed by atoms with Gasteiger partial charge in [0.15, 0.2) is 0 Å². The van der Waals surface area contributed by atoms with Crippen molar-refractivity contribution in [3.63, 3.8) is 0 Å². The fourth-order valence-electron chi connectivity index (χ4n) is 3.26. The van der Waals surface area contributed by atoms with Gasteiger partial charge in [0.25, 0.3) is 5.91 Å². The minimum Gasteiger partial charge on any atom is -0.353 e. The van der Waals surface area contributed by atoms with Crippen molar-refractivity contribution in [2.45, 2.75) is 32.7 Å². The summed E-state index contributed by atoms with van der Waals surface area (Å²) in [6.07, 6.45) is 2.19. The van der Waals surface area contributed by atoms with Gasteiger partial charge in [-0.05, 0) is 43.0 Å². The second kappa shape index (κ2) is 9.87. The van der Waals surface area contributed by atoms with Crippen molar-refractivity contribution in [1.29, 1.82) is 0 Å². The largest absolute Gasteiger partial charge is 0.353 e. The standard InChI is InChI=1S/C23H27N3O3/c1-17-5-7-18(8-6-17)3-2-4-21(27)25-15-19-9-11-20(12-10-19)23(29)26-14-13-24-22(28)16-26/h5-12H,2-4,13-16H2,1H3,(H,24,28)(H,25,27). The third kappa shape index (κ3) is 6.17. The monoisotopic (exact) mass is 393 g/mol. The lowest BCUT2D eigenvalue weighted by Crippen LogP contribution is -2.49. The lowest BCUT2D eigenvalue weighted by molar-refractivity contribution is -0.123. The van der Waals surface area contributed by atoms with Gasteiger partial charge in [-0.25, -0.2) is 0 Å². The van der Waals surface area contributed by atoms with Crippen LogP contribution in [-0.2, 0) is 22.6 Å². The Morgan fingerprint density at radius 3 is 2.41 bits per heavy atom. The van der Waals surface area contributed by atoms with Crippen LogP contribution in [0.25, 0.3) is 0 Å². The first-order chi connectivity index (χ1) is 14.0.